The van der Waals surface area contributed by atoms with Crippen molar-refractivity contribution in [3.05, 3.63) is 58.7 Å². The van der Waals surface area contributed by atoms with Crippen LogP contribution in [0.15, 0.2) is 36.4 Å². The molecule has 0 aromatic heterocycles. The topological polar surface area (TPSA) is 12.0 Å². The van der Waals surface area contributed by atoms with Gasteiger partial charge in [-0.25, -0.2) is 0 Å². The van der Waals surface area contributed by atoms with Gasteiger partial charge in [0.1, 0.15) is 0 Å². The normalized spacial score (nSPS) is 17.1. The Balaban J connectivity index is 0.00000169. The summed E-state index contributed by atoms with van der Waals surface area (Å²) in [4.78, 5) is 0. The van der Waals surface area contributed by atoms with E-state index in [1.165, 1.54) is 41.7 Å². The Morgan fingerprint density at radius 2 is 1.62 bits per heavy atom. The Kier molecular flexibility index (Phi) is 4.63. The van der Waals surface area contributed by atoms with Crippen LogP contribution in [-0.2, 0) is 19.1 Å². The second kappa shape index (κ2) is 6.41. The summed E-state index contributed by atoms with van der Waals surface area (Å²) >= 11 is 0. The third-order valence-corrected chi connectivity index (χ3v) is 4.86. The van der Waals surface area contributed by atoms with Crippen LogP contribution in [0.4, 0.5) is 13.2 Å². The molecule has 0 atom stereocenters. The summed E-state index contributed by atoms with van der Waals surface area (Å²) in [6.07, 6.45) is -0.831. The molecule has 24 heavy (non-hydrogen) atoms. The number of nitrogens with one attached hydrogen (secondary N) is 1. The van der Waals surface area contributed by atoms with Crippen molar-refractivity contribution in [2.45, 2.75) is 37.9 Å². The van der Waals surface area contributed by atoms with Gasteiger partial charge in [0.25, 0.3) is 0 Å². The van der Waals surface area contributed by atoms with Gasteiger partial charge < -0.3 is 5.32 Å². The van der Waals surface area contributed by atoms with Crippen LogP contribution in [0.2, 0.25) is 0 Å². The number of fused-ring (bicyclic) bond motifs is 1. The van der Waals surface area contributed by atoms with Crippen LogP contribution >= 0.6 is 12.4 Å². The fourth-order valence-corrected chi connectivity index (χ4v) is 3.52. The van der Waals surface area contributed by atoms with Crippen molar-refractivity contribution >= 4 is 12.4 Å². The van der Waals surface area contributed by atoms with Gasteiger partial charge in [-0.1, -0.05) is 24.3 Å². The smallest absolute Gasteiger partial charge is 0.312 e. The van der Waals surface area contributed by atoms with Gasteiger partial charge in [-0.3, -0.25) is 0 Å². The lowest BCUT2D eigenvalue weighted by molar-refractivity contribution is -0.137. The Labute approximate surface area is 145 Å². The highest BCUT2D eigenvalue weighted by Crippen LogP contribution is 2.44. The molecule has 0 spiro atoms. The molecule has 1 aliphatic heterocycles. The van der Waals surface area contributed by atoms with E-state index in [1.807, 2.05) is 0 Å². The van der Waals surface area contributed by atoms with Crippen LogP contribution < -0.4 is 5.32 Å². The van der Waals surface area contributed by atoms with E-state index in [0.29, 0.717) is 5.92 Å². The van der Waals surface area contributed by atoms with E-state index in [-0.39, 0.29) is 12.4 Å². The SMILES string of the molecule is Cl.FC(F)(F)c1ccc(-c2ccc(C3CC3)c3c2CCNC3)cc1. The maximum absolute atomic E-state index is 12.7. The molecule has 5 heteroatoms. The van der Waals surface area contributed by atoms with Gasteiger partial charge in [0.05, 0.1) is 5.56 Å². The average molecular weight is 354 g/mol. The molecule has 2 aromatic carbocycles. The maximum Gasteiger partial charge on any atom is 0.416 e. The Hall–Kier alpha value is -1.52. The van der Waals surface area contributed by atoms with E-state index in [4.69, 9.17) is 0 Å². The molecule has 1 N–H and O–H groups in total. The molecule has 4 rings (SSSR count). The van der Waals surface area contributed by atoms with Crippen molar-refractivity contribution in [2.75, 3.05) is 6.54 Å². The van der Waals surface area contributed by atoms with Crippen LogP contribution in [0, 0.1) is 0 Å². The zero-order valence-corrected chi connectivity index (χ0v) is 13.9. The molecule has 0 unspecified atom stereocenters. The third-order valence-electron chi connectivity index (χ3n) is 4.86. The maximum atomic E-state index is 12.7. The molecular weight excluding hydrogens is 335 g/mol. The van der Waals surface area contributed by atoms with Crippen LogP contribution in [0.1, 0.15) is 41.0 Å². The average Bonchev–Trinajstić information content (AvgIpc) is 3.38. The summed E-state index contributed by atoms with van der Waals surface area (Å²) in [5.74, 6) is 0.685. The van der Waals surface area contributed by atoms with Gasteiger partial charge in [-0.05, 0) is 71.7 Å². The molecule has 128 valence electrons. The summed E-state index contributed by atoms with van der Waals surface area (Å²) in [6, 6.07) is 9.82. The molecular formula is C19H19ClF3N. The first kappa shape index (κ1) is 17.3. The first-order chi connectivity index (χ1) is 11.0. The minimum atomic E-state index is -4.28. The van der Waals surface area contributed by atoms with Gasteiger partial charge in [0.15, 0.2) is 0 Å². The number of hydrogen-bond donors (Lipinski definition) is 1. The molecule has 2 aromatic rings. The van der Waals surface area contributed by atoms with E-state index in [2.05, 4.69) is 17.4 Å². The highest BCUT2D eigenvalue weighted by molar-refractivity contribution is 5.85. The van der Waals surface area contributed by atoms with E-state index in [9.17, 15) is 13.2 Å². The van der Waals surface area contributed by atoms with E-state index in [1.54, 1.807) is 12.1 Å². The minimum absolute atomic E-state index is 0. The zero-order valence-electron chi connectivity index (χ0n) is 13.1. The van der Waals surface area contributed by atoms with Crippen molar-refractivity contribution in [1.82, 2.24) is 5.32 Å². The quantitative estimate of drug-likeness (QED) is 0.770. The summed E-state index contributed by atoms with van der Waals surface area (Å²) in [7, 11) is 0. The molecule has 1 fully saturated rings. The van der Waals surface area contributed by atoms with E-state index < -0.39 is 11.7 Å². The Morgan fingerprint density at radius 1 is 0.917 bits per heavy atom. The lowest BCUT2D eigenvalue weighted by Gasteiger charge is -2.24. The lowest BCUT2D eigenvalue weighted by atomic mass is 9.86. The molecule has 0 bridgehead atoms. The largest absolute Gasteiger partial charge is 0.416 e. The summed E-state index contributed by atoms with van der Waals surface area (Å²) in [6.45, 7) is 1.80. The fraction of sp³-hybridized carbons (Fsp3) is 0.368. The van der Waals surface area contributed by atoms with Crippen molar-refractivity contribution in [3.63, 3.8) is 0 Å². The van der Waals surface area contributed by atoms with Gasteiger partial charge >= 0.3 is 6.18 Å². The Bertz CT molecular complexity index is 734. The van der Waals surface area contributed by atoms with E-state index in [0.717, 1.165) is 30.6 Å². The van der Waals surface area contributed by atoms with Crippen molar-refractivity contribution in [3.8, 4) is 11.1 Å². The third kappa shape index (κ3) is 3.17. The number of halogens is 4. The Morgan fingerprint density at radius 3 is 2.25 bits per heavy atom. The summed E-state index contributed by atoms with van der Waals surface area (Å²) in [5.41, 5.74) is 5.48. The first-order valence-corrected chi connectivity index (χ1v) is 8.07. The number of rotatable bonds is 2. The lowest BCUT2D eigenvalue weighted by Crippen LogP contribution is -2.25. The second-order valence-electron chi connectivity index (χ2n) is 6.44. The molecule has 1 heterocycles. The highest BCUT2D eigenvalue weighted by Gasteiger charge is 2.31. The predicted octanol–water partition coefficient (Wildman–Crippen LogP) is 5.32. The molecule has 1 saturated carbocycles. The van der Waals surface area contributed by atoms with Crippen LogP contribution in [0.25, 0.3) is 11.1 Å². The molecule has 2 aliphatic rings. The van der Waals surface area contributed by atoms with Crippen LogP contribution in [0.5, 0.6) is 0 Å². The molecule has 0 amide bonds. The van der Waals surface area contributed by atoms with Crippen molar-refractivity contribution < 1.29 is 13.2 Å². The zero-order chi connectivity index (χ0) is 16.0. The monoisotopic (exact) mass is 353 g/mol. The fourth-order valence-electron chi connectivity index (χ4n) is 3.52. The number of alkyl halides is 3. The number of benzene rings is 2. The summed E-state index contributed by atoms with van der Waals surface area (Å²) < 4.78 is 38.2. The van der Waals surface area contributed by atoms with Crippen molar-refractivity contribution in [1.29, 1.82) is 0 Å². The standard InChI is InChI=1S/C19H18F3N.ClH/c20-19(21,22)14-5-3-13(4-6-14)15-7-8-16(12-1-2-12)18-11-23-10-9-17(15)18;/h3-8,12,23H,1-2,9-11H2;1H. The second-order valence-corrected chi connectivity index (χ2v) is 6.44. The minimum Gasteiger partial charge on any atom is -0.312 e. The van der Waals surface area contributed by atoms with Crippen LogP contribution in [0.3, 0.4) is 0 Å². The first-order valence-electron chi connectivity index (χ1n) is 8.07. The van der Waals surface area contributed by atoms with Gasteiger partial charge in [-0.2, -0.15) is 13.2 Å². The van der Waals surface area contributed by atoms with Crippen LogP contribution in [-0.4, -0.2) is 6.54 Å². The molecule has 0 radical (unpaired) electrons. The number of hydrogen-bond acceptors (Lipinski definition) is 1. The molecule has 1 nitrogen and oxygen atoms in total. The molecule has 0 saturated heterocycles. The molecule has 1 aliphatic carbocycles. The predicted molar refractivity (Wildman–Crippen MR) is 91.5 cm³/mol. The van der Waals surface area contributed by atoms with Gasteiger partial charge in [0, 0.05) is 6.54 Å². The van der Waals surface area contributed by atoms with E-state index >= 15 is 0 Å². The summed E-state index contributed by atoms with van der Waals surface area (Å²) in [5, 5.41) is 3.42. The van der Waals surface area contributed by atoms with Gasteiger partial charge in [0.2, 0.25) is 0 Å². The van der Waals surface area contributed by atoms with Crippen molar-refractivity contribution in [2.24, 2.45) is 0 Å². The highest BCUT2D eigenvalue weighted by atomic mass is 35.5. The van der Waals surface area contributed by atoms with Gasteiger partial charge in [-0.15, -0.1) is 12.4 Å².